The van der Waals surface area contributed by atoms with E-state index in [9.17, 15) is 18.0 Å². The highest BCUT2D eigenvalue weighted by Crippen LogP contribution is 2.18. The number of amides is 1. The molecule has 9 heteroatoms. The van der Waals surface area contributed by atoms with E-state index in [1.165, 1.54) is 0 Å². The summed E-state index contributed by atoms with van der Waals surface area (Å²) in [6.45, 7) is 3.92. The second kappa shape index (κ2) is 11.4. The molecule has 1 aromatic carbocycles. The van der Waals surface area contributed by atoms with Crippen LogP contribution in [-0.4, -0.2) is 42.6 Å². The van der Waals surface area contributed by atoms with Crippen LogP contribution in [0.25, 0.3) is 0 Å². The summed E-state index contributed by atoms with van der Waals surface area (Å²) in [5.41, 5.74) is 1.98. The number of rotatable bonds is 7. The van der Waals surface area contributed by atoms with E-state index in [2.05, 4.69) is 15.6 Å². The minimum absolute atomic E-state index is 0. The standard InChI is InChI=1S/C18H25F3N4O.HI/c1-2-22-17(23-9-8-18(19,20)21)24-12-14-5-3-6-15(11-14)13-25-10-4-7-16(25)26;/h3,5-6,11H,2,4,7-10,12-13H2,1H3,(H2,22,23,24);1H. The van der Waals surface area contributed by atoms with Crippen molar-refractivity contribution in [3.05, 3.63) is 35.4 Å². The lowest BCUT2D eigenvalue weighted by Gasteiger charge is -2.16. The van der Waals surface area contributed by atoms with E-state index in [1.807, 2.05) is 36.1 Å². The van der Waals surface area contributed by atoms with Crippen molar-refractivity contribution < 1.29 is 18.0 Å². The number of guanidine groups is 1. The van der Waals surface area contributed by atoms with Crippen LogP contribution < -0.4 is 10.6 Å². The minimum atomic E-state index is -4.19. The van der Waals surface area contributed by atoms with Crippen molar-refractivity contribution in [3.63, 3.8) is 0 Å². The summed E-state index contributed by atoms with van der Waals surface area (Å²) < 4.78 is 36.8. The first-order valence-corrected chi connectivity index (χ1v) is 8.82. The third kappa shape index (κ3) is 8.81. The molecular formula is C18H26F3IN4O. The van der Waals surface area contributed by atoms with Gasteiger partial charge >= 0.3 is 6.18 Å². The lowest BCUT2D eigenvalue weighted by molar-refractivity contribution is -0.133. The fourth-order valence-corrected chi connectivity index (χ4v) is 2.75. The summed E-state index contributed by atoms with van der Waals surface area (Å²) in [6.07, 6.45) is -3.58. The maximum absolute atomic E-state index is 12.3. The van der Waals surface area contributed by atoms with E-state index in [0.717, 1.165) is 24.1 Å². The topological polar surface area (TPSA) is 56.7 Å². The Bertz CT molecular complexity index is 637. The number of hydrogen-bond acceptors (Lipinski definition) is 2. The molecule has 2 rings (SSSR count). The van der Waals surface area contributed by atoms with Gasteiger partial charge in [0.1, 0.15) is 0 Å². The second-order valence-electron chi connectivity index (χ2n) is 6.23. The van der Waals surface area contributed by atoms with Crippen molar-refractivity contribution in [2.75, 3.05) is 19.6 Å². The normalized spacial score (nSPS) is 14.9. The van der Waals surface area contributed by atoms with Gasteiger partial charge in [-0.25, -0.2) is 4.99 Å². The monoisotopic (exact) mass is 498 g/mol. The summed E-state index contributed by atoms with van der Waals surface area (Å²) in [7, 11) is 0. The van der Waals surface area contributed by atoms with Crippen LogP contribution in [-0.2, 0) is 17.9 Å². The van der Waals surface area contributed by atoms with Gasteiger partial charge in [-0.05, 0) is 24.5 Å². The van der Waals surface area contributed by atoms with Gasteiger partial charge in [0.25, 0.3) is 0 Å². The molecule has 1 aromatic rings. The molecule has 27 heavy (non-hydrogen) atoms. The third-order valence-electron chi connectivity index (χ3n) is 4.00. The molecule has 0 aromatic heterocycles. The summed E-state index contributed by atoms with van der Waals surface area (Å²) >= 11 is 0. The molecule has 2 N–H and O–H groups in total. The molecule has 1 amide bonds. The molecule has 0 spiro atoms. The van der Waals surface area contributed by atoms with Crippen LogP contribution in [0, 0.1) is 0 Å². The molecule has 0 atom stereocenters. The van der Waals surface area contributed by atoms with Crippen molar-refractivity contribution >= 4 is 35.8 Å². The van der Waals surface area contributed by atoms with Crippen LogP contribution in [0.1, 0.15) is 37.3 Å². The SMILES string of the molecule is CCNC(=NCc1cccc(CN2CCCC2=O)c1)NCCC(F)(F)F.I. The number of nitrogens with one attached hydrogen (secondary N) is 2. The zero-order chi connectivity index (χ0) is 19.0. The van der Waals surface area contributed by atoms with Gasteiger partial charge in [-0.1, -0.05) is 24.3 Å². The molecule has 1 fully saturated rings. The molecule has 1 aliphatic rings. The zero-order valence-corrected chi connectivity index (χ0v) is 17.6. The second-order valence-corrected chi connectivity index (χ2v) is 6.23. The number of nitrogens with zero attached hydrogens (tertiary/aromatic N) is 2. The largest absolute Gasteiger partial charge is 0.390 e. The lowest BCUT2D eigenvalue weighted by atomic mass is 10.1. The summed E-state index contributed by atoms with van der Waals surface area (Å²) in [4.78, 5) is 17.9. The first kappa shape index (κ1) is 23.5. The van der Waals surface area contributed by atoms with Crippen LogP contribution in [0.15, 0.2) is 29.3 Å². The van der Waals surface area contributed by atoms with Crippen molar-refractivity contribution in [3.8, 4) is 0 Å². The molecule has 0 unspecified atom stereocenters. The number of carbonyl (C=O) groups excluding carboxylic acids is 1. The highest BCUT2D eigenvalue weighted by molar-refractivity contribution is 14.0. The van der Waals surface area contributed by atoms with Gasteiger partial charge in [0.05, 0.1) is 13.0 Å². The van der Waals surface area contributed by atoms with Crippen LogP contribution >= 0.6 is 24.0 Å². The minimum Gasteiger partial charge on any atom is -0.357 e. The van der Waals surface area contributed by atoms with E-state index in [-0.39, 0.29) is 36.4 Å². The van der Waals surface area contributed by atoms with Gasteiger partial charge < -0.3 is 15.5 Å². The number of hydrogen-bond donors (Lipinski definition) is 2. The third-order valence-corrected chi connectivity index (χ3v) is 4.00. The summed E-state index contributed by atoms with van der Waals surface area (Å²) in [6, 6.07) is 7.77. The maximum Gasteiger partial charge on any atom is 0.390 e. The average Bonchev–Trinajstić information content (AvgIpc) is 2.97. The van der Waals surface area contributed by atoms with Gasteiger partial charge in [0, 0.05) is 32.6 Å². The molecule has 152 valence electrons. The van der Waals surface area contributed by atoms with Crippen LogP contribution in [0.5, 0.6) is 0 Å². The van der Waals surface area contributed by atoms with Crippen molar-refractivity contribution in [2.45, 2.75) is 45.5 Å². The Morgan fingerprint density at radius 3 is 2.63 bits per heavy atom. The lowest BCUT2D eigenvalue weighted by Crippen LogP contribution is -2.38. The predicted octanol–water partition coefficient (Wildman–Crippen LogP) is 3.43. The molecule has 0 aliphatic carbocycles. The molecule has 0 radical (unpaired) electrons. The van der Waals surface area contributed by atoms with Crippen molar-refractivity contribution in [1.29, 1.82) is 0 Å². The fourth-order valence-electron chi connectivity index (χ4n) is 2.75. The Hall–Kier alpha value is -1.52. The number of halogens is 4. The highest BCUT2D eigenvalue weighted by atomic mass is 127. The smallest absolute Gasteiger partial charge is 0.357 e. The summed E-state index contributed by atoms with van der Waals surface area (Å²) in [5, 5.41) is 5.63. The van der Waals surface area contributed by atoms with Crippen molar-refractivity contribution in [2.24, 2.45) is 4.99 Å². The van der Waals surface area contributed by atoms with Crippen LogP contribution in [0.2, 0.25) is 0 Å². The zero-order valence-electron chi connectivity index (χ0n) is 15.3. The molecule has 1 saturated heterocycles. The Morgan fingerprint density at radius 1 is 1.26 bits per heavy atom. The molecule has 0 bridgehead atoms. The van der Waals surface area contributed by atoms with E-state index in [1.54, 1.807) is 0 Å². The first-order valence-electron chi connectivity index (χ1n) is 8.82. The molecule has 5 nitrogen and oxygen atoms in total. The number of alkyl halides is 3. The summed E-state index contributed by atoms with van der Waals surface area (Å²) in [5.74, 6) is 0.536. The van der Waals surface area contributed by atoms with E-state index >= 15 is 0 Å². The predicted molar refractivity (Wildman–Crippen MR) is 110 cm³/mol. The molecule has 1 aliphatic heterocycles. The Balaban J connectivity index is 0.00000364. The Morgan fingerprint density at radius 2 is 2.00 bits per heavy atom. The maximum atomic E-state index is 12.3. The molecule has 0 saturated carbocycles. The average molecular weight is 498 g/mol. The fraction of sp³-hybridized carbons (Fsp3) is 0.556. The Labute approximate surface area is 174 Å². The van der Waals surface area contributed by atoms with Gasteiger partial charge in [-0.15, -0.1) is 24.0 Å². The van der Waals surface area contributed by atoms with Gasteiger partial charge in [-0.2, -0.15) is 13.2 Å². The Kier molecular flexibility index (Phi) is 9.89. The van der Waals surface area contributed by atoms with Gasteiger partial charge in [-0.3, -0.25) is 4.79 Å². The van der Waals surface area contributed by atoms with E-state index in [0.29, 0.717) is 32.0 Å². The van der Waals surface area contributed by atoms with Crippen LogP contribution in [0.3, 0.4) is 0 Å². The van der Waals surface area contributed by atoms with E-state index < -0.39 is 12.6 Å². The number of carbonyl (C=O) groups is 1. The number of aliphatic imine (C=N–C) groups is 1. The molecular weight excluding hydrogens is 472 g/mol. The van der Waals surface area contributed by atoms with E-state index in [4.69, 9.17) is 0 Å². The van der Waals surface area contributed by atoms with Gasteiger partial charge in [0.15, 0.2) is 5.96 Å². The highest BCUT2D eigenvalue weighted by Gasteiger charge is 2.26. The molecule has 1 heterocycles. The van der Waals surface area contributed by atoms with Crippen molar-refractivity contribution in [1.82, 2.24) is 15.5 Å². The number of benzene rings is 1. The quantitative estimate of drug-likeness (QED) is 0.344. The van der Waals surface area contributed by atoms with Crippen LogP contribution in [0.4, 0.5) is 13.2 Å². The first-order chi connectivity index (χ1) is 12.4. The van der Waals surface area contributed by atoms with Gasteiger partial charge in [0.2, 0.25) is 5.91 Å². The number of likely N-dealkylation sites (tertiary alicyclic amines) is 1.